The number of hydrogen-bond donors (Lipinski definition) is 0. The van der Waals surface area contributed by atoms with Crippen LogP contribution in [0.1, 0.15) is 27.2 Å². The highest BCUT2D eigenvalue weighted by molar-refractivity contribution is 5.90. The molecular formula is C16H27N3O2. The third kappa shape index (κ3) is 3.64. The van der Waals surface area contributed by atoms with Crippen LogP contribution in [0.5, 0.6) is 0 Å². The van der Waals surface area contributed by atoms with Gasteiger partial charge in [-0.15, -0.1) is 0 Å². The average Bonchev–Trinajstić information content (AvgIpc) is 2.90. The Morgan fingerprint density at radius 3 is 2.57 bits per heavy atom. The minimum Gasteiger partial charge on any atom is -0.340 e. The van der Waals surface area contributed by atoms with Crippen molar-refractivity contribution in [2.45, 2.75) is 33.2 Å². The zero-order valence-electron chi connectivity index (χ0n) is 13.5. The van der Waals surface area contributed by atoms with Gasteiger partial charge in [0.2, 0.25) is 11.8 Å². The topological polar surface area (TPSA) is 43.9 Å². The highest BCUT2D eigenvalue weighted by Crippen LogP contribution is 2.33. The maximum absolute atomic E-state index is 12.3. The summed E-state index contributed by atoms with van der Waals surface area (Å²) < 4.78 is 0. The monoisotopic (exact) mass is 293 g/mol. The zero-order valence-corrected chi connectivity index (χ0v) is 13.5. The van der Waals surface area contributed by atoms with Crippen LogP contribution in [0.2, 0.25) is 0 Å². The van der Waals surface area contributed by atoms with Gasteiger partial charge in [0.25, 0.3) is 0 Å². The number of carbonyl (C=O) groups is 2. The number of likely N-dealkylation sites (N-methyl/N-ethyl adjacent to an activating group) is 1. The molecule has 0 aromatic heterocycles. The molecule has 2 heterocycles. The summed E-state index contributed by atoms with van der Waals surface area (Å²) in [5.74, 6) is -0.125. The first-order chi connectivity index (χ1) is 9.86. The molecule has 0 spiro atoms. The van der Waals surface area contributed by atoms with E-state index in [-0.39, 0.29) is 18.4 Å². The van der Waals surface area contributed by atoms with E-state index in [9.17, 15) is 9.59 Å². The van der Waals surface area contributed by atoms with Gasteiger partial charge in [-0.05, 0) is 24.8 Å². The molecule has 1 unspecified atom stereocenters. The Balaban J connectivity index is 1.82. The summed E-state index contributed by atoms with van der Waals surface area (Å²) in [6.45, 7) is 14.5. The summed E-state index contributed by atoms with van der Waals surface area (Å²) >= 11 is 0. The van der Waals surface area contributed by atoms with Crippen molar-refractivity contribution in [3.05, 3.63) is 12.7 Å². The van der Waals surface area contributed by atoms with E-state index in [1.807, 2.05) is 11.8 Å². The molecule has 5 heteroatoms. The van der Waals surface area contributed by atoms with Crippen molar-refractivity contribution in [2.24, 2.45) is 5.41 Å². The highest BCUT2D eigenvalue weighted by Gasteiger charge is 2.41. The molecule has 0 radical (unpaired) electrons. The Labute approximate surface area is 127 Å². The van der Waals surface area contributed by atoms with Crippen LogP contribution in [0.25, 0.3) is 0 Å². The highest BCUT2D eigenvalue weighted by atomic mass is 16.2. The Hall–Kier alpha value is -1.36. The van der Waals surface area contributed by atoms with E-state index in [2.05, 4.69) is 25.3 Å². The van der Waals surface area contributed by atoms with Gasteiger partial charge in [-0.25, -0.2) is 0 Å². The Morgan fingerprint density at radius 2 is 2.05 bits per heavy atom. The first-order valence-corrected chi connectivity index (χ1v) is 7.79. The van der Waals surface area contributed by atoms with Crippen LogP contribution in [0.3, 0.4) is 0 Å². The van der Waals surface area contributed by atoms with Gasteiger partial charge in [0, 0.05) is 38.8 Å². The van der Waals surface area contributed by atoms with Crippen LogP contribution in [0, 0.1) is 5.41 Å². The van der Waals surface area contributed by atoms with Crippen molar-refractivity contribution in [2.75, 3.05) is 39.3 Å². The smallest absolute Gasteiger partial charge is 0.246 e. The summed E-state index contributed by atoms with van der Waals surface area (Å²) in [4.78, 5) is 29.8. The Morgan fingerprint density at radius 1 is 1.38 bits per heavy atom. The molecule has 2 saturated heterocycles. The van der Waals surface area contributed by atoms with Crippen molar-refractivity contribution < 1.29 is 9.59 Å². The standard InChI is InChI=1S/C16H27N3O2/c1-5-14(20)17(6-2)10-15(21)18-8-7-13(9-18)19-11-16(3,4)12-19/h5,13H,1,6-12H2,2-4H3. The van der Waals surface area contributed by atoms with Crippen LogP contribution in [0.4, 0.5) is 0 Å². The molecule has 2 rings (SSSR count). The van der Waals surface area contributed by atoms with Gasteiger partial charge >= 0.3 is 0 Å². The number of rotatable bonds is 5. The fraction of sp³-hybridized carbons (Fsp3) is 0.750. The summed E-state index contributed by atoms with van der Waals surface area (Å²) in [6, 6.07) is 0.493. The minimum absolute atomic E-state index is 0.0503. The predicted molar refractivity (Wildman–Crippen MR) is 82.8 cm³/mol. The van der Waals surface area contributed by atoms with Crippen molar-refractivity contribution in [3.8, 4) is 0 Å². The van der Waals surface area contributed by atoms with E-state index < -0.39 is 0 Å². The number of nitrogens with zero attached hydrogens (tertiary/aromatic N) is 3. The lowest BCUT2D eigenvalue weighted by Crippen LogP contribution is -2.57. The largest absolute Gasteiger partial charge is 0.340 e. The molecule has 0 saturated carbocycles. The lowest BCUT2D eigenvalue weighted by molar-refractivity contribution is -0.137. The maximum Gasteiger partial charge on any atom is 0.246 e. The lowest BCUT2D eigenvalue weighted by Gasteiger charge is -2.49. The number of carbonyl (C=O) groups excluding carboxylic acids is 2. The van der Waals surface area contributed by atoms with Crippen LogP contribution < -0.4 is 0 Å². The molecule has 2 aliphatic heterocycles. The molecule has 0 N–H and O–H groups in total. The van der Waals surface area contributed by atoms with Gasteiger partial charge in [-0.3, -0.25) is 14.5 Å². The van der Waals surface area contributed by atoms with Crippen LogP contribution >= 0.6 is 0 Å². The first kappa shape index (κ1) is 16.0. The molecule has 0 aromatic carbocycles. The fourth-order valence-corrected chi connectivity index (χ4v) is 3.32. The summed E-state index contributed by atoms with van der Waals surface area (Å²) in [5, 5.41) is 0. The number of hydrogen-bond acceptors (Lipinski definition) is 3. The van der Waals surface area contributed by atoms with Crippen LogP contribution in [0.15, 0.2) is 12.7 Å². The zero-order chi connectivity index (χ0) is 15.6. The maximum atomic E-state index is 12.3. The lowest BCUT2D eigenvalue weighted by atomic mass is 9.83. The summed E-state index contributed by atoms with van der Waals surface area (Å²) in [5.41, 5.74) is 0.423. The third-order valence-corrected chi connectivity index (χ3v) is 4.49. The second-order valence-electron chi connectivity index (χ2n) is 6.91. The van der Waals surface area contributed by atoms with E-state index in [1.54, 1.807) is 0 Å². The number of amides is 2. The van der Waals surface area contributed by atoms with E-state index in [0.29, 0.717) is 18.0 Å². The average molecular weight is 293 g/mol. The van der Waals surface area contributed by atoms with Crippen molar-refractivity contribution in [1.29, 1.82) is 0 Å². The normalized spacial score (nSPS) is 24.5. The fourth-order valence-electron chi connectivity index (χ4n) is 3.32. The first-order valence-electron chi connectivity index (χ1n) is 7.79. The van der Waals surface area contributed by atoms with Crippen molar-refractivity contribution >= 4 is 11.8 Å². The van der Waals surface area contributed by atoms with Crippen LogP contribution in [-0.2, 0) is 9.59 Å². The molecular weight excluding hydrogens is 266 g/mol. The third-order valence-electron chi connectivity index (χ3n) is 4.49. The second kappa shape index (κ2) is 6.18. The second-order valence-corrected chi connectivity index (χ2v) is 6.91. The minimum atomic E-state index is -0.175. The molecule has 5 nitrogen and oxygen atoms in total. The van der Waals surface area contributed by atoms with Gasteiger partial charge in [0.05, 0.1) is 6.54 Å². The van der Waals surface area contributed by atoms with E-state index in [1.165, 1.54) is 11.0 Å². The number of likely N-dealkylation sites (tertiary alicyclic amines) is 2. The quantitative estimate of drug-likeness (QED) is 0.709. The summed E-state index contributed by atoms with van der Waals surface area (Å²) in [6.07, 6.45) is 2.31. The van der Waals surface area contributed by atoms with Crippen molar-refractivity contribution in [1.82, 2.24) is 14.7 Å². The Kier molecular flexibility index (Phi) is 4.71. The van der Waals surface area contributed by atoms with E-state index >= 15 is 0 Å². The molecule has 21 heavy (non-hydrogen) atoms. The van der Waals surface area contributed by atoms with Gasteiger partial charge < -0.3 is 9.80 Å². The predicted octanol–water partition coefficient (Wildman–Crippen LogP) is 0.964. The molecule has 0 bridgehead atoms. The molecule has 2 amide bonds. The molecule has 1 atom stereocenters. The van der Waals surface area contributed by atoms with Gasteiger partial charge in [-0.2, -0.15) is 0 Å². The SMILES string of the molecule is C=CC(=O)N(CC)CC(=O)N1CCC(N2CC(C)(C)C2)C1. The van der Waals surface area contributed by atoms with E-state index in [0.717, 1.165) is 32.6 Å². The molecule has 0 aromatic rings. The van der Waals surface area contributed by atoms with Crippen LogP contribution in [-0.4, -0.2) is 71.8 Å². The van der Waals surface area contributed by atoms with Gasteiger partial charge in [0.15, 0.2) is 0 Å². The van der Waals surface area contributed by atoms with Gasteiger partial charge in [-0.1, -0.05) is 20.4 Å². The Bertz CT molecular complexity index is 425. The van der Waals surface area contributed by atoms with Gasteiger partial charge in [0.1, 0.15) is 0 Å². The van der Waals surface area contributed by atoms with Crippen molar-refractivity contribution in [3.63, 3.8) is 0 Å². The van der Waals surface area contributed by atoms with E-state index in [4.69, 9.17) is 0 Å². The summed E-state index contributed by atoms with van der Waals surface area (Å²) in [7, 11) is 0. The molecule has 2 aliphatic rings. The molecule has 118 valence electrons. The molecule has 0 aliphatic carbocycles. The molecule has 2 fully saturated rings.